The largest absolute Gasteiger partial charge is 0.393 e. The van der Waals surface area contributed by atoms with Crippen molar-refractivity contribution < 1.29 is 33.4 Å². The predicted octanol–water partition coefficient (Wildman–Crippen LogP) is 3.72. The lowest BCUT2D eigenvalue weighted by atomic mass is 9.41. The number of benzene rings is 1. The molecule has 5 aliphatic rings. The Morgan fingerprint density at radius 2 is 1.89 bits per heavy atom. The molecule has 1 saturated heterocycles. The zero-order valence-electron chi connectivity index (χ0n) is 22.0. The molecule has 2 N–H and O–H groups in total. The highest BCUT2D eigenvalue weighted by atomic mass is 19.1. The molecule has 0 bridgehead atoms. The molecule has 9 atom stereocenters. The summed E-state index contributed by atoms with van der Waals surface area (Å²) >= 11 is 0. The van der Waals surface area contributed by atoms with E-state index >= 15 is 4.39 Å². The smallest absolute Gasteiger partial charge is 0.192 e. The number of carbonyl (C=O) groups is 2. The van der Waals surface area contributed by atoms with Crippen molar-refractivity contribution in [1.29, 1.82) is 0 Å². The van der Waals surface area contributed by atoms with Crippen molar-refractivity contribution in [2.24, 2.45) is 34.0 Å². The van der Waals surface area contributed by atoms with E-state index in [-0.39, 0.29) is 42.2 Å². The van der Waals surface area contributed by atoms with Gasteiger partial charge in [-0.1, -0.05) is 39.0 Å². The Hall–Kier alpha value is -2.26. The van der Waals surface area contributed by atoms with Gasteiger partial charge in [-0.3, -0.25) is 14.4 Å². The molecule has 8 heteroatoms. The van der Waals surface area contributed by atoms with Crippen LogP contribution in [-0.4, -0.2) is 57.9 Å². The number of allylic oxidation sites excluding steroid dienone is 4. The molecule has 1 aliphatic heterocycles. The predicted molar refractivity (Wildman–Crippen MR) is 134 cm³/mol. The third-order valence-electron chi connectivity index (χ3n) is 11.1. The lowest BCUT2D eigenvalue weighted by Gasteiger charge is -2.64. The SMILES string of the molecule is C[C@]12C[C@H](O)C3[C@@H](C[C@H](F)C4=CC(=O)C=C[C@@]43C)[C@]1(C)C[C@H]1CN(Cc3ccc(F)cc3)O[C@]12C(=O)CO. The highest BCUT2D eigenvalue weighted by molar-refractivity contribution is 6.01. The number of rotatable bonds is 4. The van der Waals surface area contributed by atoms with Crippen molar-refractivity contribution in [1.82, 2.24) is 5.06 Å². The van der Waals surface area contributed by atoms with Gasteiger partial charge < -0.3 is 10.2 Å². The summed E-state index contributed by atoms with van der Waals surface area (Å²) in [5.74, 6) is -1.86. The van der Waals surface area contributed by atoms with E-state index in [1.165, 1.54) is 24.3 Å². The van der Waals surface area contributed by atoms with E-state index in [1.54, 1.807) is 23.3 Å². The van der Waals surface area contributed by atoms with Crippen LogP contribution in [0, 0.1) is 39.8 Å². The van der Waals surface area contributed by atoms with Crippen LogP contribution in [0.2, 0.25) is 0 Å². The first-order chi connectivity index (χ1) is 17.9. The zero-order valence-corrected chi connectivity index (χ0v) is 22.0. The van der Waals surface area contributed by atoms with Crippen LogP contribution in [0.4, 0.5) is 8.78 Å². The van der Waals surface area contributed by atoms with Gasteiger partial charge in [0.15, 0.2) is 17.2 Å². The molecular weight excluding hydrogens is 492 g/mol. The maximum absolute atomic E-state index is 15.8. The molecule has 1 aromatic carbocycles. The molecule has 1 heterocycles. The van der Waals surface area contributed by atoms with Gasteiger partial charge in [-0.25, -0.2) is 8.78 Å². The van der Waals surface area contributed by atoms with Crippen LogP contribution in [0.1, 0.15) is 45.6 Å². The first kappa shape index (κ1) is 26.0. The Morgan fingerprint density at radius 3 is 2.58 bits per heavy atom. The standard InChI is InChI=1S/C30H35F2NO5/c1-27-9-8-20(35)10-21(27)23(32)11-22-26(27)24(36)13-29(3)28(22,2)12-18-15-33(38-30(18,29)25(37)16-34)14-17-4-6-19(31)7-5-17/h4-10,18,22-24,26,34,36H,11-16H2,1-3H3/t18-,22+,23-,24-,26?,27-,28-,29-,30-/m0/s1. The number of ketones is 2. The fourth-order valence-corrected chi connectivity index (χ4v) is 9.37. The lowest BCUT2D eigenvalue weighted by molar-refractivity contribution is -0.270. The van der Waals surface area contributed by atoms with Gasteiger partial charge >= 0.3 is 0 Å². The number of hydrogen-bond acceptors (Lipinski definition) is 6. The minimum atomic E-state index is -1.37. The van der Waals surface area contributed by atoms with E-state index in [0.717, 1.165) is 5.56 Å². The molecule has 6 rings (SSSR count). The number of alkyl halides is 1. The summed E-state index contributed by atoms with van der Waals surface area (Å²) in [7, 11) is 0. The van der Waals surface area contributed by atoms with Gasteiger partial charge in [-0.05, 0) is 66.0 Å². The Labute approximate surface area is 221 Å². The highest BCUT2D eigenvalue weighted by Gasteiger charge is 2.79. The number of fused-ring (bicyclic) bond motifs is 7. The number of hydroxylamine groups is 2. The van der Waals surface area contributed by atoms with E-state index in [0.29, 0.717) is 25.1 Å². The highest BCUT2D eigenvalue weighted by Crippen LogP contribution is 2.76. The van der Waals surface area contributed by atoms with Gasteiger partial charge in [-0.2, -0.15) is 5.06 Å². The summed E-state index contributed by atoms with van der Waals surface area (Å²) in [5, 5.41) is 23.6. The molecule has 0 aromatic heterocycles. The molecule has 4 aliphatic carbocycles. The van der Waals surface area contributed by atoms with Crippen LogP contribution in [0.5, 0.6) is 0 Å². The topological polar surface area (TPSA) is 87.1 Å². The molecule has 1 aromatic rings. The normalized spacial score (nSPS) is 45.7. The van der Waals surface area contributed by atoms with Crippen molar-refractivity contribution in [3.63, 3.8) is 0 Å². The molecule has 1 unspecified atom stereocenters. The van der Waals surface area contributed by atoms with E-state index in [9.17, 15) is 24.2 Å². The van der Waals surface area contributed by atoms with Gasteiger partial charge in [0, 0.05) is 35.8 Å². The summed E-state index contributed by atoms with van der Waals surface area (Å²) in [6.07, 6.45) is 3.40. The monoisotopic (exact) mass is 527 g/mol. The second-order valence-electron chi connectivity index (χ2n) is 12.7. The molecule has 6 nitrogen and oxygen atoms in total. The van der Waals surface area contributed by atoms with Gasteiger partial charge in [-0.15, -0.1) is 0 Å². The maximum Gasteiger partial charge on any atom is 0.192 e. The first-order valence-corrected chi connectivity index (χ1v) is 13.5. The van der Waals surface area contributed by atoms with Crippen molar-refractivity contribution >= 4 is 11.6 Å². The van der Waals surface area contributed by atoms with E-state index in [1.807, 2.05) is 13.8 Å². The summed E-state index contributed by atoms with van der Waals surface area (Å²) < 4.78 is 29.3. The second kappa shape index (κ2) is 8.37. The fourth-order valence-electron chi connectivity index (χ4n) is 9.37. The van der Waals surface area contributed by atoms with E-state index in [4.69, 9.17) is 4.84 Å². The van der Waals surface area contributed by atoms with Gasteiger partial charge in [0.05, 0.1) is 6.10 Å². The minimum Gasteiger partial charge on any atom is -0.393 e. The lowest BCUT2D eigenvalue weighted by Crippen LogP contribution is -2.67. The molecule has 4 fully saturated rings. The van der Waals surface area contributed by atoms with Crippen LogP contribution < -0.4 is 0 Å². The summed E-state index contributed by atoms with van der Waals surface area (Å²) in [4.78, 5) is 32.3. The number of hydrogen-bond donors (Lipinski definition) is 2. The van der Waals surface area contributed by atoms with Gasteiger partial charge in [0.2, 0.25) is 0 Å². The number of nitrogens with zero attached hydrogens (tertiary/aromatic N) is 1. The van der Waals surface area contributed by atoms with Crippen LogP contribution in [0.3, 0.4) is 0 Å². The molecule has 38 heavy (non-hydrogen) atoms. The van der Waals surface area contributed by atoms with Crippen molar-refractivity contribution in [3.05, 3.63) is 59.4 Å². The summed E-state index contributed by atoms with van der Waals surface area (Å²) in [6, 6.07) is 6.10. The average molecular weight is 528 g/mol. The van der Waals surface area contributed by atoms with E-state index < -0.39 is 46.5 Å². The minimum absolute atomic E-state index is 0.159. The van der Waals surface area contributed by atoms with Gasteiger partial charge in [0.1, 0.15) is 18.6 Å². The Kier molecular flexibility index (Phi) is 5.72. The molecule has 0 radical (unpaired) electrons. The van der Waals surface area contributed by atoms with Crippen LogP contribution >= 0.6 is 0 Å². The summed E-state index contributed by atoms with van der Waals surface area (Å²) in [6.45, 7) is 6.04. The number of carbonyl (C=O) groups excluding carboxylic acids is 2. The molecule has 0 amide bonds. The second-order valence-corrected chi connectivity index (χ2v) is 12.7. The molecule has 3 saturated carbocycles. The van der Waals surface area contributed by atoms with Crippen LogP contribution in [0.15, 0.2) is 48.1 Å². The molecular formula is C30H35F2NO5. The van der Waals surface area contributed by atoms with Crippen LogP contribution in [-0.2, 0) is 21.0 Å². The van der Waals surface area contributed by atoms with Gasteiger partial charge in [0.25, 0.3) is 0 Å². The number of halogens is 2. The third kappa shape index (κ3) is 3.17. The third-order valence-corrected chi connectivity index (χ3v) is 11.1. The van der Waals surface area contributed by atoms with Crippen molar-refractivity contribution in [2.75, 3.05) is 13.2 Å². The Bertz CT molecular complexity index is 1250. The van der Waals surface area contributed by atoms with Crippen molar-refractivity contribution in [2.45, 2.75) is 64.5 Å². The Balaban J connectivity index is 1.40. The van der Waals surface area contributed by atoms with E-state index in [2.05, 4.69) is 6.92 Å². The first-order valence-electron chi connectivity index (χ1n) is 13.5. The Morgan fingerprint density at radius 1 is 1.18 bits per heavy atom. The van der Waals surface area contributed by atoms with Crippen molar-refractivity contribution in [3.8, 4) is 0 Å². The summed E-state index contributed by atoms with van der Waals surface area (Å²) in [5.41, 5.74) is -2.37. The number of Topliss-reactive ketones (excluding diaryl/α,β-unsaturated/α-hetero) is 1. The zero-order chi connectivity index (χ0) is 27.3. The maximum atomic E-state index is 15.8. The molecule has 204 valence electrons. The quantitative estimate of drug-likeness (QED) is 0.621. The average Bonchev–Trinajstić information content (AvgIpc) is 3.31. The number of aliphatic hydroxyl groups excluding tert-OH is 2. The molecule has 0 spiro atoms. The van der Waals surface area contributed by atoms with Crippen LogP contribution in [0.25, 0.3) is 0 Å². The number of aliphatic hydroxyl groups is 2. The fraction of sp³-hybridized carbons (Fsp3) is 0.600.